The molecular formula is C19H23N3O4S. The number of hydrogen-bond acceptors (Lipinski definition) is 6. The van der Waals surface area contributed by atoms with E-state index >= 15 is 0 Å². The summed E-state index contributed by atoms with van der Waals surface area (Å²) >= 11 is 0. The van der Waals surface area contributed by atoms with Gasteiger partial charge in [0.1, 0.15) is 0 Å². The Balaban J connectivity index is 1.49. The second-order valence-corrected chi connectivity index (χ2v) is 8.62. The lowest BCUT2D eigenvalue weighted by atomic mass is 9.97. The molecule has 0 saturated carbocycles. The molecule has 0 fully saturated rings. The number of carbonyl (C=O) groups is 1. The minimum atomic E-state index is -3.42. The van der Waals surface area contributed by atoms with Gasteiger partial charge in [0, 0.05) is 13.0 Å². The summed E-state index contributed by atoms with van der Waals surface area (Å²) in [5.41, 5.74) is 1.37. The van der Waals surface area contributed by atoms with Crippen molar-refractivity contribution in [3.8, 4) is 0 Å². The number of sulfone groups is 1. The molecule has 1 aromatic heterocycles. The average molecular weight is 389 g/mol. The molecule has 0 unspecified atom stereocenters. The molecule has 0 saturated heterocycles. The normalized spacial score (nSPS) is 14.6. The number of amides is 1. The second-order valence-electron chi connectivity index (χ2n) is 6.51. The highest BCUT2D eigenvalue weighted by atomic mass is 32.2. The number of carbonyl (C=O) groups excluding carboxylic acids is 1. The molecule has 3 rings (SSSR count). The molecule has 2 aromatic rings. The standard InChI is InChI=1S/C19H23N3O4S/c23-18(20-13-11-15-7-3-1-4-8-15)19-21-17(22-26-19)12-14-27(24,25)16-9-5-2-6-10-16/h2,5-7,9-10H,1,3-4,8,11-14H2,(H,20,23). The molecule has 7 nitrogen and oxygen atoms in total. The third-order valence-electron chi connectivity index (χ3n) is 4.48. The Morgan fingerprint density at radius 1 is 1.15 bits per heavy atom. The number of aromatic nitrogens is 2. The third kappa shape index (κ3) is 5.50. The van der Waals surface area contributed by atoms with Crippen LogP contribution in [0.5, 0.6) is 0 Å². The molecule has 1 aromatic carbocycles. The number of nitrogens with zero attached hydrogens (tertiary/aromatic N) is 2. The van der Waals surface area contributed by atoms with Gasteiger partial charge in [0.2, 0.25) is 0 Å². The quantitative estimate of drug-likeness (QED) is 0.697. The second kappa shape index (κ2) is 8.94. The smallest absolute Gasteiger partial charge is 0.315 e. The van der Waals surface area contributed by atoms with E-state index in [9.17, 15) is 13.2 Å². The van der Waals surface area contributed by atoms with Crippen molar-refractivity contribution in [2.75, 3.05) is 12.3 Å². The fourth-order valence-corrected chi connectivity index (χ4v) is 4.22. The zero-order chi connectivity index (χ0) is 19.1. The van der Waals surface area contributed by atoms with Crippen molar-refractivity contribution < 1.29 is 17.7 Å². The lowest BCUT2D eigenvalue weighted by Crippen LogP contribution is -2.25. The molecule has 0 spiro atoms. The highest BCUT2D eigenvalue weighted by molar-refractivity contribution is 7.91. The fraction of sp³-hybridized carbons (Fsp3) is 0.421. The van der Waals surface area contributed by atoms with Gasteiger partial charge in [-0.15, -0.1) is 0 Å². The maximum Gasteiger partial charge on any atom is 0.315 e. The third-order valence-corrected chi connectivity index (χ3v) is 6.21. The Morgan fingerprint density at radius 3 is 2.70 bits per heavy atom. The largest absolute Gasteiger partial charge is 0.348 e. The van der Waals surface area contributed by atoms with E-state index in [1.54, 1.807) is 30.3 Å². The summed E-state index contributed by atoms with van der Waals surface area (Å²) in [5, 5.41) is 6.47. The van der Waals surface area contributed by atoms with Crippen molar-refractivity contribution in [2.24, 2.45) is 0 Å². The van der Waals surface area contributed by atoms with Crippen molar-refractivity contribution in [3.63, 3.8) is 0 Å². The first-order valence-corrected chi connectivity index (χ1v) is 10.8. The van der Waals surface area contributed by atoms with Crippen LogP contribution in [0.25, 0.3) is 0 Å². The van der Waals surface area contributed by atoms with E-state index in [1.807, 2.05) is 0 Å². The van der Waals surface area contributed by atoms with Crippen LogP contribution < -0.4 is 5.32 Å². The van der Waals surface area contributed by atoms with Crippen LogP contribution in [0.3, 0.4) is 0 Å². The van der Waals surface area contributed by atoms with Gasteiger partial charge in [0.15, 0.2) is 15.7 Å². The maximum atomic E-state index is 12.3. The van der Waals surface area contributed by atoms with Crippen LogP contribution >= 0.6 is 0 Å². The predicted octanol–water partition coefficient (Wildman–Crippen LogP) is 2.71. The summed E-state index contributed by atoms with van der Waals surface area (Å²) in [5.74, 6) is -0.517. The molecule has 1 N–H and O–H groups in total. The topological polar surface area (TPSA) is 102 Å². The number of hydrogen-bond donors (Lipinski definition) is 1. The summed E-state index contributed by atoms with van der Waals surface area (Å²) in [7, 11) is -3.42. The number of rotatable bonds is 8. The number of aryl methyl sites for hydroxylation is 1. The Labute approximate surface area is 158 Å². The molecule has 0 aliphatic heterocycles. The lowest BCUT2D eigenvalue weighted by Gasteiger charge is -2.12. The summed E-state index contributed by atoms with van der Waals surface area (Å²) in [4.78, 5) is 16.3. The molecule has 144 valence electrons. The van der Waals surface area contributed by atoms with Crippen molar-refractivity contribution >= 4 is 15.7 Å². The van der Waals surface area contributed by atoms with Crippen LogP contribution in [-0.2, 0) is 16.3 Å². The van der Waals surface area contributed by atoms with E-state index < -0.39 is 15.7 Å². The monoisotopic (exact) mass is 389 g/mol. The average Bonchev–Trinajstić information content (AvgIpc) is 3.17. The van der Waals surface area contributed by atoms with Gasteiger partial charge in [0.05, 0.1) is 10.6 Å². The van der Waals surface area contributed by atoms with Crippen LogP contribution in [0.15, 0.2) is 51.4 Å². The zero-order valence-electron chi connectivity index (χ0n) is 15.1. The molecule has 1 heterocycles. The summed E-state index contributed by atoms with van der Waals surface area (Å²) in [6, 6.07) is 8.20. The first-order chi connectivity index (χ1) is 13.0. The molecule has 1 aliphatic rings. The summed E-state index contributed by atoms with van der Waals surface area (Å²) < 4.78 is 29.5. The summed E-state index contributed by atoms with van der Waals surface area (Å²) in [6.45, 7) is 0.519. The molecule has 27 heavy (non-hydrogen) atoms. The molecule has 1 aliphatic carbocycles. The predicted molar refractivity (Wildman–Crippen MR) is 100.0 cm³/mol. The Hall–Kier alpha value is -2.48. The van der Waals surface area contributed by atoms with E-state index in [2.05, 4.69) is 21.5 Å². The molecule has 0 atom stereocenters. The van der Waals surface area contributed by atoms with E-state index in [0.717, 1.165) is 19.3 Å². The Morgan fingerprint density at radius 2 is 1.96 bits per heavy atom. The molecule has 0 radical (unpaired) electrons. The van der Waals surface area contributed by atoms with Gasteiger partial charge in [-0.05, 0) is 44.2 Å². The van der Waals surface area contributed by atoms with Crippen molar-refractivity contribution in [3.05, 3.63) is 53.7 Å². The van der Waals surface area contributed by atoms with Crippen LogP contribution in [0.1, 0.15) is 48.6 Å². The molecule has 0 bridgehead atoms. The molecule has 8 heteroatoms. The van der Waals surface area contributed by atoms with Crippen LogP contribution in [0.4, 0.5) is 0 Å². The van der Waals surface area contributed by atoms with Gasteiger partial charge in [-0.2, -0.15) is 4.98 Å². The Bertz CT molecular complexity index is 904. The first-order valence-electron chi connectivity index (χ1n) is 9.11. The van der Waals surface area contributed by atoms with E-state index in [1.165, 1.54) is 18.4 Å². The number of allylic oxidation sites excluding steroid dienone is 1. The zero-order valence-corrected chi connectivity index (χ0v) is 15.9. The number of nitrogens with one attached hydrogen (secondary N) is 1. The van der Waals surface area contributed by atoms with Gasteiger partial charge >= 0.3 is 11.8 Å². The van der Waals surface area contributed by atoms with E-state index in [-0.39, 0.29) is 28.8 Å². The molecule has 1 amide bonds. The van der Waals surface area contributed by atoms with E-state index in [4.69, 9.17) is 4.52 Å². The van der Waals surface area contributed by atoms with Gasteiger partial charge in [-0.25, -0.2) is 8.42 Å². The minimum Gasteiger partial charge on any atom is -0.348 e. The fourth-order valence-electron chi connectivity index (χ4n) is 2.96. The SMILES string of the molecule is O=C(NCCC1=CCCCC1)c1nc(CCS(=O)(=O)c2ccccc2)no1. The lowest BCUT2D eigenvalue weighted by molar-refractivity contribution is 0.0910. The highest BCUT2D eigenvalue weighted by Crippen LogP contribution is 2.19. The number of benzene rings is 1. The first kappa shape index (κ1) is 19.3. The van der Waals surface area contributed by atoms with Gasteiger partial charge in [-0.1, -0.05) is 35.0 Å². The van der Waals surface area contributed by atoms with Gasteiger partial charge < -0.3 is 9.84 Å². The highest BCUT2D eigenvalue weighted by Gasteiger charge is 2.19. The summed E-state index contributed by atoms with van der Waals surface area (Å²) in [6.07, 6.45) is 7.80. The van der Waals surface area contributed by atoms with Crippen LogP contribution in [-0.4, -0.2) is 36.8 Å². The van der Waals surface area contributed by atoms with Crippen molar-refractivity contribution in [1.82, 2.24) is 15.5 Å². The minimum absolute atomic E-state index is 0.0842. The Kier molecular flexibility index (Phi) is 6.39. The van der Waals surface area contributed by atoms with Crippen LogP contribution in [0, 0.1) is 0 Å². The molecular weight excluding hydrogens is 366 g/mol. The van der Waals surface area contributed by atoms with Gasteiger partial charge in [-0.3, -0.25) is 4.79 Å². The van der Waals surface area contributed by atoms with Crippen molar-refractivity contribution in [1.29, 1.82) is 0 Å². The maximum absolute atomic E-state index is 12.3. The van der Waals surface area contributed by atoms with Gasteiger partial charge in [0.25, 0.3) is 0 Å². The van der Waals surface area contributed by atoms with Crippen molar-refractivity contribution in [2.45, 2.75) is 43.4 Å². The van der Waals surface area contributed by atoms with Crippen LogP contribution in [0.2, 0.25) is 0 Å². The van der Waals surface area contributed by atoms with E-state index in [0.29, 0.717) is 6.54 Å².